The van der Waals surface area contributed by atoms with Crippen LogP contribution in [0.25, 0.3) is 11.6 Å². The molecule has 3 rings (SSSR count). The number of imidazole rings is 1. The largest absolute Gasteiger partial charge is 0.455 e. The monoisotopic (exact) mass is 341 g/mol. The Morgan fingerprint density at radius 2 is 2.26 bits per heavy atom. The van der Waals surface area contributed by atoms with Crippen molar-refractivity contribution in [2.75, 3.05) is 26.0 Å². The molecule has 0 aliphatic carbocycles. The Morgan fingerprint density at radius 1 is 1.43 bits per heavy atom. The van der Waals surface area contributed by atoms with Gasteiger partial charge in [0.1, 0.15) is 12.4 Å². The van der Waals surface area contributed by atoms with Gasteiger partial charge in [-0.1, -0.05) is 0 Å². The number of ether oxygens (including phenoxy) is 1. The lowest BCUT2D eigenvalue weighted by molar-refractivity contribution is -0.00983. The number of morpholine rings is 1. The van der Waals surface area contributed by atoms with Crippen LogP contribution in [0.2, 0.25) is 0 Å². The van der Waals surface area contributed by atoms with Gasteiger partial charge in [0.2, 0.25) is 10.0 Å². The molecule has 1 aliphatic rings. The number of aliphatic hydroxyl groups is 1. The second-order valence-electron chi connectivity index (χ2n) is 5.44. The first-order chi connectivity index (χ1) is 11.0. The van der Waals surface area contributed by atoms with Gasteiger partial charge in [-0.05, 0) is 12.1 Å². The molecule has 1 unspecified atom stereocenters. The Morgan fingerprint density at radius 3 is 2.96 bits per heavy atom. The van der Waals surface area contributed by atoms with Crippen molar-refractivity contribution in [2.24, 2.45) is 0 Å². The molecule has 0 bridgehead atoms. The Balaban J connectivity index is 1.75. The minimum absolute atomic E-state index is 0.171. The fourth-order valence-corrected chi connectivity index (χ4v) is 3.43. The van der Waals surface area contributed by atoms with Gasteiger partial charge in [-0.25, -0.2) is 13.4 Å². The number of aliphatic hydroxyl groups excluding tert-OH is 1. The minimum atomic E-state index is -3.22. The fraction of sp³-hybridized carbons (Fsp3) is 0.500. The van der Waals surface area contributed by atoms with Crippen LogP contribution in [-0.2, 0) is 27.9 Å². The topological polar surface area (TPSA) is 97.8 Å². The van der Waals surface area contributed by atoms with Crippen LogP contribution in [0.15, 0.2) is 28.9 Å². The van der Waals surface area contributed by atoms with E-state index in [-0.39, 0.29) is 12.7 Å². The van der Waals surface area contributed by atoms with E-state index in [1.54, 1.807) is 24.5 Å². The number of hydrogen-bond acceptors (Lipinski definition) is 6. The summed E-state index contributed by atoms with van der Waals surface area (Å²) in [5, 5.41) is 9.08. The van der Waals surface area contributed by atoms with E-state index in [1.807, 2.05) is 4.57 Å². The zero-order valence-corrected chi connectivity index (χ0v) is 13.6. The average molecular weight is 341 g/mol. The zero-order chi connectivity index (χ0) is 16.4. The lowest BCUT2D eigenvalue weighted by atomic mass is 10.3. The van der Waals surface area contributed by atoms with Crippen molar-refractivity contribution in [3.8, 4) is 11.6 Å². The average Bonchev–Trinajstić information content (AvgIpc) is 3.15. The summed E-state index contributed by atoms with van der Waals surface area (Å²) >= 11 is 0. The van der Waals surface area contributed by atoms with Crippen molar-refractivity contribution >= 4 is 10.0 Å². The maximum atomic E-state index is 11.7. The molecular formula is C14H19N3O5S. The minimum Gasteiger partial charge on any atom is -0.455 e. The third-order valence-electron chi connectivity index (χ3n) is 3.72. The van der Waals surface area contributed by atoms with E-state index in [1.165, 1.54) is 10.6 Å². The van der Waals surface area contributed by atoms with E-state index in [2.05, 4.69) is 4.98 Å². The Kier molecular flexibility index (Phi) is 4.53. The molecule has 8 nitrogen and oxygen atoms in total. The number of hydrogen-bond donors (Lipinski definition) is 1. The van der Waals surface area contributed by atoms with Gasteiger partial charge in [0.15, 0.2) is 11.6 Å². The van der Waals surface area contributed by atoms with E-state index in [9.17, 15) is 8.42 Å². The van der Waals surface area contributed by atoms with Crippen LogP contribution in [-0.4, -0.2) is 59.4 Å². The first kappa shape index (κ1) is 16.2. The van der Waals surface area contributed by atoms with Crippen LogP contribution in [0.3, 0.4) is 0 Å². The molecule has 0 amide bonds. The zero-order valence-electron chi connectivity index (χ0n) is 12.8. The van der Waals surface area contributed by atoms with Gasteiger partial charge >= 0.3 is 0 Å². The van der Waals surface area contributed by atoms with Crippen molar-refractivity contribution in [1.82, 2.24) is 13.9 Å². The normalized spacial score (nSPS) is 20.0. The maximum Gasteiger partial charge on any atom is 0.211 e. The quantitative estimate of drug-likeness (QED) is 0.840. The molecule has 1 aliphatic heterocycles. The molecular weight excluding hydrogens is 322 g/mol. The van der Waals surface area contributed by atoms with Crippen LogP contribution in [0, 0.1) is 0 Å². The van der Waals surface area contributed by atoms with Crippen LogP contribution in [0.4, 0.5) is 0 Å². The third kappa shape index (κ3) is 3.63. The van der Waals surface area contributed by atoms with Crippen molar-refractivity contribution in [1.29, 1.82) is 0 Å². The molecule has 0 aromatic carbocycles. The fourth-order valence-electron chi connectivity index (χ4n) is 2.59. The first-order valence-corrected chi connectivity index (χ1v) is 9.10. The van der Waals surface area contributed by atoms with Gasteiger partial charge in [-0.15, -0.1) is 0 Å². The molecule has 0 radical (unpaired) electrons. The molecule has 1 fully saturated rings. The molecule has 1 N–H and O–H groups in total. The summed E-state index contributed by atoms with van der Waals surface area (Å²) < 4.78 is 37.8. The number of rotatable bonds is 5. The van der Waals surface area contributed by atoms with E-state index in [0.29, 0.717) is 43.6 Å². The number of sulfonamides is 1. The van der Waals surface area contributed by atoms with Gasteiger partial charge in [-0.3, -0.25) is 0 Å². The Bertz CT molecular complexity index is 767. The number of nitrogens with zero attached hydrogens (tertiary/aromatic N) is 3. The predicted octanol–water partition coefficient (Wildman–Crippen LogP) is 0.296. The molecule has 23 heavy (non-hydrogen) atoms. The molecule has 2 aromatic rings. The van der Waals surface area contributed by atoms with E-state index in [0.717, 1.165) is 0 Å². The summed E-state index contributed by atoms with van der Waals surface area (Å²) in [4.78, 5) is 4.27. The molecule has 1 atom stereocenters. The highest BCUT2D eigenvalue weighted by Crippen LogP contribution is 2.22. The van der Waals surface area contributed by atoms with Gasteiger partial charge in [-0.2, -0.15) is 4.31 Å². The number of aromatic nitrogens is 2. The second-order valence-corrected chi connectivity index (χ2v) is 7.42. The molecule has 126 valence electrons. The molecule has 3 heterocycles. The van der Waals surface area contributed by atoms with E-state index < -0.39 is 10.0 Å². The van der Waals surface area contributed by atoms with Gasteiger partial charge in [0.25, 0.3) is 0 Å². The lowest BCUT2D eigenvalue weighted by Crippen LogP contribution is -2.46. The molecule has 0 saturated carbocycles. The Hall–Kier alpha value is -1.68. The summed E-state index contributed by atoms with van der Waals surface area (Å²) in [7, 11) is -3.22. The van der Waals surface area contributed by atoms with E-state index >= 15 is 0 Å². The summed E-state index contributed by atoms with van der Waals surface area (Å²) in [5.74, 6) is 1.63. The first-order valence-electron chi connectivity index (χ1n) is 7.25. The van der Waals surface area contributed by atoms with Gasteiger partial charge in [0, 0.05) is 25.5 Å². The second kappa shape index (κ2) is 6.44. The molecule has 9 heteroatoms. The molecule has 1 saturated heterocycles. The van der Waals surface area contributed by atoms with Crippen LogP contribution >= 0.6 is 0 Å². The number of furan rings is 1. The highest BCUT2D eigenvalue weighted by atomic mass is 32.2. The molecule has 2 aromatic heterocycles. The predicted molar refractivity (Wildman–Crippen MR) is 82.0 cm³/mol. The summed E-state index contributed by atoms with van der Waals surface area (Å²) in [5.41, 5.74) is 0. The van der Waals surface area contributed by atoms with E-state index in [4.69, 9.17) is 14.3 Å². The highest BCUT2D eigenvalue weighted by Gasteiger charge is 2.27. The highest BCUT2D eigenvalue weighted by molar-refractivity contribution is 7.88. The third-order valence-corrected chi connectivity index (χ3v) is 4.99. The maximum absolute atomic E-state index is 11.7. The summed E-state index contributed by atoms with van der Waals surface area (Å²) in [6, 6.07) is 3.44. The Labute approximate surface area is 134 Å². The van der Waals surface area contributed by atoms with Gasteiger partial charge in [0.05, 0.1) is 25.5 Å². The molecule has 0 spiro atoms. The van der Waals surface area contributed by atoms with Crippen LogP contribution < -0.4 is 0 Å². The van der Waals surface area contributed by atoms with Gasteiger partial charge < -0.3 is 18.8 Å². The van der Waals surface area contributed by atoms with Crippen molar-refractivity contribution < 1.29 is 22.7 Å². The van der Waals surface area contributed by atoms with Crippen LogP contribution in [0.5, 0.6) is 0 Å². The standard InChI is InChI=1S/C14H19N3O5S/c1-23(19,20)17-6-7-21-12(9-17)8-16-5-4-15-14(16)13-3-2-11(10-18)22-13/h2-5,12,18H,6-10H2,1H3. The lowest BCUT2D eigenvalue weighted by Gasteiger charge is -2.31. The van der Waals surface area contributed by atoms with Crippen molar-refractivity contribution in [3.05, 3.63) is 30.3 Å². The summed E-state index contributed by atoms with van der Waals surface area (Å²) in [6.45, 7) is 1.37. The van der Waals surface area contributed by atoms with Crippen molar-refractivity contribution in [3.63, 3.8) is 0 Å². The van der Waals surface area contributed by atoms with Crippen molar-refractivity contribution in [2.45, 2.75) is 19.3 Å². The van der Waals surface area contributed by atoms with Crippen LogP contribution in [0.1, 0.15) is 5.76 Å². The summed E-state index contributed by atoms with van der Waals surface area (Å²) in [6.07, 6.45) is 4.39. The SMILES string of the molecule is CS(=O)(=O)N1CCOC(Cn2ccnc2-c2ccc(CO)o2)C1. The smallest absolute Gasteiger partial charge is 0.211 e.